The van der Waals surface area contributed by atoms with Crippen LogP contribution < -0.4 is 10.3 Å². The average Bonchev–Trinajstić information content (AvgIpc) is 2.63. The van der Waals surface area contributed by atoms with Crippen LogP contribution in [-0.4, -0.2) is 34.9 Å². The van der Waals surface area contributed by atoms with Crippen LogP contribution in [0.25, 0.3) is 5.65 Å². The number of nitrogens with zero attached hydrogens (tertiary/aromatic N) is 2. The molecule has 6 nitrogen and oxygen atoms in total. The van der Waals surface area contributed by atoms with E-state index < -0.39 is 0 Å². The minimum absolute atomic E-state index is 0.165. The van der Waals surface area contributed by atoms with E-state index in [2.05, 4.69) is 10.1 Å². The van der Waals surface area contributed by atoms with Gasteiger partial charge in [0.25, 0.3) is 5.56 Å². The summed E-state index contributed by atoms with van der Waals surface area (Å²) in [5.74, 6) is 0.503. The Kier molecular flexibility index (Phi) is 2.68. The number of aromatic nitrogens is 3. The van der Waals surface area contributed by atoms with Crippen molar-refractivity contribution >= 4 is 5.65 Å². The molecule has 2 rings (SSSR count). The third-order valence-corrected chi connectivity index (χ3v) is 1.90. The third kappa shape index (κ3) is 1.99. The van der Waals surface area contributed by atoms with Gasteiger partial charge in [-0.05, 0) is 0 Å². The van der Waals surface area contributed by atoms with Crippen LogP contribution in [0.1, 0.15) is 0 Å². The van der Waals surface area contributed by atoms with Gasteiger partial charge in [-0.3, -0.25) is 9.89 Å². The minimum Gasteiger partial charge on any atom is -0.475 e. The topological polar surface area (TPSA) is 68.6 Å². The Hall–Kier alpha value is -1.82. The van der Waals surface area contributed by atoms with Crippen molar-refractivity contribution in [1.29, 1.82) is 0 Å². The highest BCUT2D eigenvalue weighted by Gasteiger charge is 2.02. The summed E-state index contributed by atoms with van der Waals surface area (Å²) in [6.07, 6.45) is 1.46. The number of rotatable bonds is 4. The van der Waals surface area contributed by atoms with Gasteiger partial charge in [0, 0.05) is 25.4 Å². The predicted octanol–water partition coefficient (Wildman–Crippen LogP) is 0.0478. The second-order valence-electron chi connectivity index (χ2n) is 2.94. The van der Waals surface area contributed by atoms with Gasteiger partial charge in [0.05, 0.1) is 6.61 Å². The van der Waals surface area contributed by atoms with Crippen LogP contribution in [0.5, 0.6) is 5.88 Å². The molecule has 0 unspecified atom stereocenters. The second kappa shape index (κ2) is 4.14. The van der Waals surface area contributed by atoms with Crippen molar-refractivity contribution in [3.8, 4) is 5.88 Å². The second-order valence-corrected chi connectivity index (χ2v) is 2.94. The van der Waals surface area contributed by atoms with Crippen LogP contribution in [0.15, 0.2) is 23.1 Å². The van der Waals surface area contributed by atoms with E-state index in [1.54, 1.807) is 13.2 Å². The molecule has 0 saturated carbocycles. The molecule has 0 bridgehead atoms. The first-order valence-electron chi connectivity index (χ1n) is 4.50. The highest BCUT2D eigenvalue weighted by Crippen LogP contribution is 2.08. The number of nitrogens with one attached hydrogen (secondary N) is 1. The Balaban J connectivity index is 2.24. The first-order valence-corrected chi connectivity index (χ1v) is 4.50. The monoisotopic (exact) mass is 209 g/mol. The van der Waals surface area contributed by atoms with Crippen LogP contribution in [-0.2, 0) is 4.74 Å². The molecule has 15 heavy (non-hydrogen) atoms. The van der Waals surface area contributed by atoms with Crippen molar-refractivity contribution in [2.45, 2.75) is 0 Å². The van der Waals surface area contributed by atoms with Crippen molar-refractivity contribution in [2.24, 2.45) is 0 Å². The Bertz CT molecular complexity index is 503. The van der Waals surface area contributed by atoms with Gasteiger partial charge in [0.15, 0.2) is 5.65 Å². The van der Waals surface area contributed by atoms with E-state index in [1.165, 1.54) is 16.8 Å². The molecule has 2 heterocycles. The molecule has 0 atom stereocenters. The molecule has 0 aliphatic rings. The standard InChI is InChI=1S/C9H11N3O3/c1-14-4-5-15-8-6-7-10-3-2-9(13)12(7)11-8/h2-3,6,11H,4-5H2,1H3. The van der Waals surface area contributed by atoms with E-state index >= 15 is 0 Å². The molecule has 0 aliphatic heterocycles. The Morgan fingerprint density at radius 1 is 1.53 bits per heavy atom. The van der Waals surface area contributed by atoms with Crippen LogP contribution in [0.4, 0.5) is 0 Å². The van der Waals surface area contributed by atoms with Crippen LogP contribution in [0.3, 0.4) is 0 Å². The van der Waals surface area contributed by atoms with Gasteiger partial charge in [-0.15, -0.1) is 0 Å². The largest absolute Gasteiger partial charge is 0.475 e. The maximum atomic E-state index is 11.3. The average molecular weight is 209 g/mol. The van der Waals surface area contributed by atoms with Gasteiger partial charge >= 0.3 is 0 Å². The van der Waals surface area contributed by atoms with E-state index in [0.717, 1.165) is 0 Å². The minimum atomic E-state index is -0.165. The van der Waals surface area contributed by atoms with Crippen LogP contribution in [0, 0.1) is 0 Å². The van der Waals surface area contributed by atoms with Gasteiger partial charge in [0.2, 0.25) is 5.88 Å². The zero-order chi connectivity index (χ0) is 10.7. The molecular weight excluding hydrogens is 198 g/mol. The fourth-order valence-electron chi connectivity index (χ4n) is 1.21. The number of hydrogen-bond donors (Lipinski definition) is 1. The fraction of sp³-hybridized carbons (Fsp3) is 0.333. The SMILES string of the molecule is COCCOc1cc2nccc(=O)n2[nH]1. The number of H-pyrrole nitrogens is 1. The van der Waals surface area contributed by atoms with Crippen molar-refractivity contribution < 1.29 is 9.47 Å². The molecule has 2 aromatic rings. The van der Waals surface area contributed by atoms with Crippen molar-refractivity contribution in [3.63, 3.8) is 0 Å². The number of aromatic amines is 1. The smallest absolute Gasteiger partial charge is 0.272 e. The van der Waals surface area contributed by atoms with Gasteiger partial charge in [-0.25, -0.2) is 4.98 Å². The summed E-state index contributed by atoms with van der Waals surface area (Å²) >= 11 is 0. The van der Waals surface area contributed by atoms with Crippen molar-refractivity contribution in [2.75, 3.05) is 20.3 Å². The highest BCUT2D eigenvalue weighted by molar-refractivity contribution is 5.40. The first-order chi connectivity index (χ1) is 7.31. The summed E-state index contributed by atoms with van der Waals surface area (Å²) in [4.78, 5) is 15.3. The van der Waals surface area contributed by atoms with E-state index in [9.17, 15) is 4.79 Å². The Morgan fingerprint density at radius 2 is 2.40 bits per heavy atom. The lowest BCUT2D eigenvalue weighted by molar-refractivity contribution is 0.143. The quantitative estimate of drug-likeness (QED) is 0.722. The molecule has 0 radical (unpaired) electrons. The molecule has 2 aromatic heterocycles. The van der Waals surface area contributed by atoms with Crippen LogP contribution in [0.2, 0.25) is 0 Å². The van der Waals surface area contributed by atoms with Gasteiger partial charge in [-0.2, -0.15) is 4.52 Å². The maximum absolute atomic E-state index is 11.3. The van der Waals surface area contributed by atoms with Crippen molar-refractivity contribution in [3.05, 3.63) is 28.7 Å². The predicted molar refractivity (Wildman–Crippen MR) is 53.2 cm³/mol. The molecule has 0 saturated heterocycles. The summed E-state index contributed by atoms with van der Waals surface area (Å²) in [7, 11) is 1.60. The lowest BCUT2D eigenvalue weighted by atomic mass is 10.6. The van der Waals surface area contributed by atoms with Gasteiger partial charge in [-0.1, -0.05) is 0 Å². The van der Waals surface area contributed by atoms with Crippen molar-refractivity contribution in [1.82, 2.24) is 14.6 Å². The summed E-state index contributed by atoms with van der Waals surface area (Å²) in [5.41, 5.74) is 0.372. The van der Waals surface area contributed by atoms with Gasteiger partial charge in [0.1, 0.15) is 6.61 Å². The molecule has 0 aromatic carbocycles. The third-order valence-electron chi connectivity index (χ3n) is 1.90. The number of hydrogen-bond acceptors (Lipinski definition) is 4. The summed E-state index contributed by atoms with van der Waals surface area (Å²) in [6, 6.07) is 3.04. The number of methoxy groups -OCH3 is 1. The molecule has 1 N–H and O–H groups in total. The number of ether oxygens (including phenoxy) is 2. The first kappa shape index (κ1) is 9.72. The highest BCUT2D eigenvalue weighted by atomic mass is 16.5. The molecule has 0 aliphatic carbocycles. The zero-order valence-corrected chi connectivity index (χ0v) is 8.27. The Labute approximate surface area is 85.4 Å². The summed E-state index contributed by atoms with van der Waals surface area (Å²) in [5, 5.41) is 2.79. The normalized spacial score (nSPS) is 10.7. The van der Waals surface area contributed by atoms with E-state index in [4.69, 9.17) is 9.47 Å². The molecule has 6 heteroatoms. The van der Waals surface area contributed by atoms with E-state index in [-0.39, 0.29) is 5.56 Å². The molecule has 0 spiro atoms. The Morgan fingerprint density at radius 3 is 3.13 bits per heavy atom. The summed E-state index contributed by atoms with van der Waals surface area (Å²) in [6.45, 7) is 0.926. The van der Waals surface area contributed by atoms with Crippen LogP contribution >= 0.6 is 0 Å². The molecule has 0 amide bonds. The lowest BCUT2D eigenvalue weighted by Crippen LogP contribution is -2.12. The lowest BCUT2D eigenvalue weighted by Gasteiger charge is -2.00. The zero-order valence-electron chi connectivity index (χ0n) is 8.27. The maximum Gasteiger partial charge on any atom is 0.272 e. The number of fused-ring (bicyclic) bond motifs is 1. The van der Waals surface area contributed by atoms with E-state index in [0.29, 0.717) is 24.7 Å². The molecule has 0 fully saturated rings. The van der Waals surface area contributed by atoms with E-state index in [1.807, 2.05) is 0 Å². The van der Waals surface area contributed by atoms with Gasteiger partial charge < -0.3 is 9.47 Å². The fourth-order valence-corrected chi connectivity index (χ4v) is 1.21. The molecule has 80 valence electrons. The molecular formula is C9H11N3O3. The summed E-state index contributed by atoms with van der Waals surface area (Å²) < 4.78 is 11.5.